The van der Waals surface area contributed by atoms with Crippen LogP contribution in [0, 0.1) is 5.92 Å². The van der Waals surface area contributed by atoms with E-state index < -0.39 is 12.1 Å². The molecule has 0 aliphatic carbocycles. The average molecular weight is 217 g/mol. The first-order valence-electron chi connectivity index (χ1n) is 3.94. The molecule has 1 aliphatic heterocycles. The van der Waals surface area contributed by atoms with Gasteiger partial charge in [0, 0.05) is 0 Å². The highest BCUT2D eigenvalue weighted by Crippen LogP contribution is 2.13. The number of alkyl halides is 4. The molecule has 3 nitrogen and oxygen atoms in total. The summed E-state index contributed by atoms with van der Waals surface area (Å²) in [6.45, 7) is 1.92. The normalized spacial score (nSPS) is 16.6. The second-order valence-corrected chi connectivity index (χ2v) is 2.80. The molecule has 14 heavy (non-hydrogen) atoms. The van der Waals surface area contributed by atoms with Crippen molar-refractivity contribution in [2.45, 2.75) is 12.6 Å². The smallest absolute Gasteiger partial charge is 0.475 e. The molecule has 1 saturated heterocycles. The standard InChI is InChI=1S/C5H10FN.C2HF3O2/c6-2-1-5-3-7-4-5;3-2(4,5)1(6)7/h5,7H,1-4H2;(H,6,7). The minimum Gasteiger partial charge on any atom is -0.475 e. The first-order valence-corrected chi connectivity index (χ1v) is 3.94. The summed E-state index contributed by atoms with van der Waals surface area (Å²) in [5.41, 5.74) is 0. The van der Waals surface area contributed by atoms with Gasteiger partial charge in [0.2, 0.25) is 0 Å². The molecule has 0 spiro atoms. The van der Waals surface area contributed by atoms with Crippen LogP contribution in [0.2, 0.25) is 0 Å². The van der Waals surface area contributed by atoms with Crippen molar-refractivity contribution in [1.82, 2.24) is 5.32 Å². The number of hydrogen-bond acceptors (Lipinski definition) is 2. The molecule has 2 N–H and O–H groups in total. The number of hydrogen-bond donors (Lipinski definition) is 2. The molecule has 1 fully saturated rings. The van der Waals surface area contributed by atoms with Gasteiger partial charge in [-0.15, -0.1) is 0 Å². The van der Waals surface area contributed by atoms with Gasteiger partial charge in [0.1, 0.15) is 0 Å². The van der Waals surface area contributed by atoms with Gasteiger partial charge in [-0.25, -0.2) is 4.79 Å². The highest BCUT2D eigenvalue weighted by Gasteiger charge is 2.38. The van der Waals surface area contributed by atoms with Gasteiger partial charge in [-0.2, -0.15) is 13.2 Å². The van der Waals surface area contributed by atoms with Crippen molar-refractivity contribution < 1.29 is 27.5 Å². The van der Waals surface area contributed by atoms with Crippen LogP contribution in [-0.2, 0) is 4.79 Å². The lowest BCUT2D eigenvalue weighted by atomic mass is 10.0. The van der Waals surface area contributed by atoms with E-state index in [0.29, 0.717) is 5.92 Å². The Hall–Kier alpha value is -0.850. The second kappa shape index (κ2) is 5.79. The van der Waals surface area contributed by atoms with Crippen LogP contribution in [0.5, 0.6) is 0 Å². The Morgan fingerprint density at radius 2 is 1.86 bits per heavy atom. The molecule has 0 radical (unpaired) electrons. The molecule has 1 rings (SSSR count). The third kappa shape index (κ3) is 5.74. The fraction of sp³-hybridized carbons (Fsp3) is 0.857. The molecule has 0 aromatic rings. The van der Waals surface area contributed by atoms with Crippen LogP contribution in [0.3, 0.4) is 0 Å². The third-order valence-electron chi connectivity index (χ3n) is 1.63. The highest BCUT2D eigenvalue weighted by molar-refractivity contribution is 5.73. The van der Waals surface area contributed by atoms with Crippen molar-refractivity contribution in [2.75, 3.05) is 19.8 Å². The maximum absolute atomic E-state index is 11.4. The van der Waals surface area contributed by atoms with Crippen LogP contribution in [0.25, 0.3) is 0 Å². The molecule has 84 valence electrons. The Bertz CT molecular complexity index is 179. The summed E-state index contributed by atoms with van der Waals surface area (Å²) in [6, 6.07) is 0. The number of rotatable bonds is 2. The largest absolute Gasteiger partial charge is 0.490 e. The van der Waals surface area contributed by atoms with Crippen molar-refractivity contribution in [1.29, 1.82) is 0 Å². The van der Waals surface area contributed by atoms with E-state index in [-0.39, 0.29) is 6.67 Å². The Morgan fingerprint density at radius 1 is 1.43 bits per heavy atom. The average Bonchev–Trinajstić information content (AvgIpc) is 1.96. The van der Waals surface area contributed by atoms with E-state index in [0.717, 1.165) is 19.5 Å². The van der Waals surface area contributed by atoms with Crippen molar-refractivity contribution in [2.24, 2.45) is 5.92 Å². The van der Waals surface area contributed by atoms with Gasteiger partial charge in [-0.1, -0.05) is 0 Å². The van der Waals surface area contributed by atoms with E-state index in [2.05, 4.69) is 5.32 Å². The van der Waals surface area contributed by atoms with Crippen molar-refractivity contribution in [3.8, 4) is 0 Å². The van der Waals surface area contributed by atoms with E-state index in [1.165, 1.54) is 0 Å². The van der Waals surface area contributed by atoms with E-state index in [9.17, 15) is 17.6 Å². The lowest BCUT2D eigenvalue weighted by Crippen LogP contribution is -2.42. The number of carboxylic acid groups (broad SMARTS) is 1. The summed E-state index contributed by atoms with van der Waals surface area (Å²) < 4.78 is 43.2. The van der Waals surface area contributed by atoms with Crippen molar-refractivity contribution in [3.05, 3.63) is 0 Å². The predicted molar refractivity (Wildman–Crippen MR) is 40.6 cm³/mol. The maximum atomic E-state index is 11.4. The molecule has 1 aliphatic rings. The number of nitrogens with one attached hydrogen (secondary N) is 1. The molecule has 0 aromatic carbocycles. The lowest BCUT2D eigenvalue weighted by Gasteiger charge is -2.25. The van der Waals surface area contributed by atoms with Gasteiger partial charge in [-0.3, -0.25) is 4.39 Å². The van der Waals surface area contributed by atoms with Gasteiger partial charge < -0.3 is 10.4 Å². The first-order chi connectivity index (χ1) is 6.38. The summed E-state index contributed by atoms with van der Waals surface area (Å²) in [6.07, 6.45) is -4.33. The Labute approximate surface area is 78.1 Å². The maximum Gasteiger partial charge on any atom is 0.490 e. The molecule has 0 amide bonds. The molecule has 0 saturated carbocycles. The second-order valence-electron chi connectivity index (χ2n) is 2.80. The van der Waals surface area contributed by atoms with Crippen LogP contribution in [-0.4, -0.2) is 37.0 Å². The Kier molecular flexibility index (Phi) is 5.44. The SMILES string of the molecule is FCCC1CNC1.O=C(O)C(F)(F)F. The zero-order valence-corrected chi connectivity index (χ0v) is 7.27. The van der Waals surface area contributed by atoms with E-state index in [1.54, 1.807) is 0 Å². The van der Waals surface area contributed by atoms with E-state index >= 15 is 0 Å². The van der Waals surface area contributed by atoms with Crippen LogP contribution in [0.4, 0.5) is 17.6 Å². The summed E-state index contributed by atoms with van der Waals surface area (Å²) in [5, 5.41) is 10.2. The molecule has 0 unspecified atom stereocenters. The first kappa shape index (κ1) is 13.2. The van der Waals surface area contributed by atoms with Gasteiger partial charge in [0.05, 0.1) is 6.67 Å². The number of carbonyl (C=O) groups is 1. The molecule has 7 heteroatoms. The molecule has 0 atom stereocenters. The fourth-order valence-electron chi connectivity index (χ4n) is 0.707. The Balaban J connectivity index is 0.000000241. The van der Waals surface area contributed by atoms with Crippen LogP contribution in [0.15, 0.2) is 0 Å². The molecule has 1 heterocycles. The van der Waals surface area contributed by atoms with Gasteiger partial charge in [0.25, 0.3) is 0 Å². The summed E-state index contributed by atoms with van der Waals surface area (Å²) in [4.78, 5) is 8.90. The zero-order valence-electron chi connectivity index (χ0n) is 7.27. The Morgan fingerprint density at radius 3 is 1.93 bits per heavy atom. The zero-order chi connectivity index (χ0) is 11.2. The molecule has 0 bridgehead atoms. The number of aliphatic carboxylic acids is 1. The van der Waals surface area contributed by atoms with E-state index in [4.69, 9.17) is 9.90 Å². The minimum absolute atomic E-state index is 0.146. The van der Waals surface area contributed by atoms with Gasteiger partial charge in [0.15, 0.2) is 0 Å². The predicted octanol–water partition coefficient (Wildman–Crippen LogP) is 1.20. The summed E-state index contributed by atoms with van der Waals surface area (Å²) in [5.74, 6) is -2.11. The summed E-state index contributed by atoms with van der Waals surface area (Å²) in [7, 11) is 0. The fourth-order valence-corrected chi connectivity index (χ4v) is 0.707. The molecular weight excluding hydrogens is 206 g/mol. The summed E-state index contributed by atoms with van der Waals surface area (Å²) >= 11 is 0. The van der Waals surface area contributed by atoms with Gasteiger partial charge in [-0.05, 0) is 25.4 Å². The van der Waals surface area contributed by atoms with Crippen LogP contribution in [0.1, 0.15) is 6.42 Å². The van der Waals surface area contributed by atoms with Gasteiger partial charge >= 0.3 is 12.1 Å². The van der Waals surface area contributed by atoms with Crippen molar-refractivity contribution >= 4 is 5.97 Å². The van der Waals surface area contributed by atoms with Crippen LogP contribution >= 0.6 is 0 Å². The quantitative estimate of drug-likeness (QED) is 0.683. The third-order valence-corrected chi connectivity index (χ3v) is 1.63. The molecule has 0 aromatic heterocycles. The lowest BCUT2D eigenvalue weighted by molar-refractivity contribution is -0.192. The topological polar surface area (TPSA) is 49.3 Å². The number of carboxylic acids is 1. The molecular formula is C7H11F4NO2. The monoisotopic (exact) mass is 217 g/mol. The number of halogens is 4. The van der Waals surface area contributed by atoms with Crippen LogP contribution < -0.4 is 5.32 Å². The van der Waals surface area contributed by atoms with Crippen molar-refractivity contribution in [3.63, 3.8) is 0 Å². The van der Waals surface area contributed by atoms with E-state index in [1.807, 2.05) is 0 Å². The minimum atomic E-state index is -5.08. The highest BCUT2D eigenvalue weighted by atomic mass is 19.4.